The standard InChI is InChI=1S/C19H34N4O2.HI/c1-4-5-13-25-14-6-11-22-19(20-2)23-16-17-7-9-18(10-8-17)21-12-15-24-3;/h7-10,21H,4-6,11-16H2,1-3H3,(H2,20,22,23);1H. The normalized spacial score (nSPS) is 11.0. The highest BCUT2D eigenvalue weighted by Gasteiger charge is 1.99. The Balaban J connectivity index is 0.00000625. The number of halogens is 1. The van der Waals surface area contributed by atoms with Crippen LogP contribution in [0.2, 0.25) is 0 Å². The zero-order chi connectivity index (χ0) is 18.2. The minimum Gasteiger partial charge on any atom is -0.383 e. The Bertz CT molecular complexity index is 469. The molecule has 26 heavy (non-hydrogen) atoms. The van der Waals surface area contributed by atoms with Gasteiger partial charge in [-0.15, -0.1) is 24.0 Å². The fourth-order valence-electron chi connectivity index (χ4n) is 2.17. The van der Waals surface area contributed by atoms with Crippen LogP contribution in [0.1, 0.15) is 31.7 Å². The summed E-state index contributed by atoms with van der Waals surface area (Å²) in [4.78, 5) is 4.25. The van der Waals surface area contributed by atoms with Gasteiger partial charge < -0.3 is 25.4 Å². The van der Waals surface area contributed by atoms with E-state index < -0.39 is 0 Å². The predicted octanol–water partition coefficient (Wildman–Crippen LogP) is 3.23. The van der Waals surface area contributed by atoms with Crippen molar-refractivity contribution in [2.45, 2.75) is 32.7 Å². The van der Waals surface area contributed by atoms with E-state index in [4.69, 9.17) is 9.47 Å². The molecule has 0 radical (unpaired) electrons. The van der Waals surface area contributed by atoms with Gasteiger partial charge in [0.25, 0.3) is 0 Å². The second-order valence-electron chi connectivity index (χ2n) is 5.79. The number of methoxy groups -OCH3 is 1. The molecule has 0 unspecified atom stereocenters. The third-order valence-electron chi connectivity index (χ3n) is 3.67. The van der Waals surface area contributed by atoms with Crippen LogP contribution in [-0.2, 0) is 16.0 Å². The molecule has 7 heteroatoms. The van der Waals surface area contributed by atoms with Crippen LogP contribution in [0.15, 0.2) is 29.3 Å². The number of rotatable bonds is 13. The number of nitrogens with one attached hydrogen (secondary N) is 3. The lowest BCUT2D eigenvalue weighted by Gasteiger charge is -2.12. The summed E-state index contributed by atoms with van der Waals surface area (Å²) in [6, 6.07) is 8.38. The van der Waals surface area contributed by atoms with Gasteiger partial charge in [0.2, 0.25) is 0 Å². The highest BCUT2D eigenvalue weighted by atomic mass is 127. The fraction of sp³-hybridized carbons (Fsp3) is 0.632. The lowest BCUT2D eigenvalue weighted by molar-refractivity contribution is 0.129. The first-order valence-electron chi connectivity index (χ1n) is 9.14. The molecular weight excluding hydrogens is 443 g/mol. The molecule has 0 atom stereocenters. The molecule has 6 nitrogen and oxygen atoms in total. The largest absolute Gasteiger partial charge is 0.383 e. The van der Waals surface area contributed by atoms with Crippen molar-refractivity contribution in [2.24, 2.45) is 4.99 Å². The first kappa shape index (κ1) is 24.9. The summed E-state index contributed by atoms with van der Waals surface area (Å²) in [7, 11) is 3.49. The number of unbranched alkanes of at least 4 members (excludes halogenated alkanes) is 1. The number of hydrogen-bond donors (Lipinski definition) is 3. The maximum atomic E-state index is 5.55. The van der Waals surface area contributed by atoms with Crippen LogP contribution in [0.4, 0.5) is 5.69 Å². The van der Waals surface area contributed by atoms with E-state index in [9.17, 15) is 0 Å². The van der Waals surface area contributed by atoms with Crippen molar-refractivity contribution in [3.05, 3.63) is 29.8 Å². The molecule has 0 aliphatic rings. The monoisotopic (exact) mass is 478 g/mol. The number of aliphatic imine (C=N–C) groups is 1. The molecule has 0 fully saturated rings. The van der Waals surface area contributed by atoms with Crippen LogP contribution in [-0.4, -0.2) is 53.0 Å². The van der Waals surface area contributed by atoms with Gasteiger partial charge in [0.15, 0.2) is 5.96 Å². The van der Waals surface area contributed by atoms with Gasteiger partial charge in [0.1, 0.15) is 0 Å². The van der Waals surface area contributed by atoms with Gasteiger partial charge in [-0.3, -0.25) is 4.99 Å². The van der Waals surface area contributed by atoms with Gasteiger partial charge >= 0.3 is 0 Å². The maximum Gasteiger partial charge on any atom is 0.191 e. The smallest absolute Gasteiger partial charge is 0.191 e. The summed E-state index contributed by atoms with van der Waals surface area (Å²) in [6.45, 7) is 6.94. The molecule has 0 aliphatic carbocycles. The molecule has 150 valence electrons. The predicted molar refractivity (Wildman–Crippen MR) is 121 cm³/mol. The molecule has 1 aromatic carbocycles. The van der Waals surface area contributed by atoms with Gasteiger partial charge in [-0.05, 0) is 30.5 Å². The number of guanidine groups is 1. The van der Waals surface area contributed by atoms with Gasteiger partial charge in [-0.1, -0.05) is 25.5 Å². The Hall–Kier alpha value is -1.06. The maximum absolute atomic E-state index is 5.55. The third kappa shape index (κ3) is 12.3. The van der Waals surface area contributed by atoms with E-state index in [1.165, 1.54) is 12.0 Å². The summed E-state index contributed by atoms with van der Waals surface area (Å²) in [5, 5.41) is 9.94. The van der Waals surface area contributed by atoms with Crippen LogP contribution < -0.4 is 16.0 Å². The number of nitrogens with zero attached hydrogens (tertiary/aromatic N) is 1. The van der Waals surface area contributed by atoms with E-state index in [1.54, 1.807) is 14.2 Å². The number of benzene rings is 1. The quantitative estimate of drug-likeness (QED) is 0.176. The molecule has 1 aromatic rings. The van der Waals surface area contributed by atoms with Crippen LogP contribution in [0.3, 0.4) is 0 Å². The summed E-state index contributed by atoms with van der Waals surface area (Å²) >= 11 is 0. The molecule has 0 heterocycles. The number of ether oxygens (including phenoxy) is 2. The van der Waals surface area contributed by atoms with E-state index in [1.807, 2.05) is 0 Å². The second kappa shape index (κ2) is 17.4. The van der Waals surface area contributed by atoms with E-state index in [-0.39, 0.29) is 24.0 Å². The molecule has 0 aliphatic heterocycles. The van der Waals surface area contributed by atoms with Gasteiger partial charge in [0.05, 0.1) is 6.61 Å². The van der Waals surface area contributed by atoms with Gasteiger partial charge in [0, 0.05) is 52.7 Å². The molecular formula is C19H35IN4O2. The molecule has 0 bridgehead atoms. The van der Waals surface area contributed by atoms with Crippen molar-refractivity contribution < 1.29 is 9.47 Å². The zero-order valence-corrected chi connectivity index (χ0v) is 18.7. The summed E-state index contributed by atoms with van der Waals surface area (Å²) in [5.41, 5.74) is 2.31. The topological polar surface area (TPSA) is 66.9 Å². The average molecular weight is 478 g/mol. The minimum absolute atomic E-state index is 0. The first-order valence-corrected chi connectivity index (χ1v) is 9.14. The fourth-order valence-corrected chi connectivity index (χ4v) is 2.17. The van der Waals surface area contributed by atoms with Crippen LogP contribution in [0.25, 0.3) is 0 Å². The molecule has 0 spiro atoms. The van der Waals surface area contributed by atoms with Crippen molar-refractivity contribution in [1.82, 2.24) is 10.6 Å². The lowest BCUT2D eigenvalue weighted by atomic mass is 10.2. The van der Waals surface area contributed by atoms with E-state index in [0.29, 0.717) is 6.61 Å². The van der Waals surface area contributed by atoms with Crippen molar-refractivity contribution >= 4 is 35.6 Å². The highest BCUT2D eigenvalue weighted by molar-refractivity contribution is 14.0. The molecule has 1 rings (SSSR count). The molecule has 3 N–H and O–H groups in total. The molecule has 0 amide bonds. The summed E-state index contributed by atoms with van der Waals surface area (Å²) in [5.74, 6) is 0.816. The highest BCUT2D eigenvalue weighted by Crippen LogP contribution is 2.08. The summed E-state index contributed by atoms with van der Waals surface area (Å²) in [6.07, 6.45) is 3.29. The van der Waals surface area contributed by atoms with E-state index in [2.05, 4.69) is 52.1 Å². The first-order chi connectivity index (χ1) is 12.3. The Labute approximate surface area is 175 Å². The molecule has 0 saturated heterocycles. The Morgan fingerprint density at radius 3 is 2.38 bits per heavy atom. The minimum atomic E-state index is 0. The molecule has 0 saturated carbocycles. The van der Waals surface area contributed by atoms with Crippen LogP contribution in [0, 0.1) is 0 Å². The van der Waals surface area contributed by atoms with Gasteiger partial charge in [-0.25, -0.2) is 0 Å². The Kier molecular flexibility index (Phi) is 16.7. The van der Waals surface area contributed by atoms with E-state index >= 15 is 0 Å². The number of hydrogen-bond acceptors (Lipinski definition) is 4. The number of anilines is 1. The van der Waals surface area contributed by atoms with Crippen molar-refractivity contribution in [1.29, 1.82) is 0 Å². The molecule has 0 aromatic heterocycles. The van der Waals surface area contributed by atoms with Crippen LogP contribution >= 0.6 is 24.0 Å². The van der Waals surface area contributed by atoms with Crippen LogP contribution in [0.5, 0.6) is 0 Å². The van der Waals surface area contributed by atoms with E-state index in [0.717, 1.165) is 57.3 Å². The SMILES string of the molecule is CCCCOCCCNC(=NC)NCc1ccc(NCCOC)cc1.I. The van der Waals surface area contributed by atoms with Crippen molar-refractivity contribution in [3.63, 3.8) is 0 Å². The third-order valence-corrected chi connectivity index (χ3v) is 3.67. The van der Waals surface area contributed by atoms with Crippen molar-refractivity contribution in [3.8, 4) is 0 Å². The van der Waals surface area contributed by atoms with Gasteiger partial charge in [-0.2, -0.15) is 0 Å². The zero-order valence-electron chi connectivity index (χ0n) is 16.3. The average Bonchev–Trinajstić information content (AvgIpc) is 2.64. The lowest BCUT2D eigenvalue weighted by Crippen LogP contribution is -2.37. The Morgan fingerprint density at radius 2 is 1.73 bits per heavy atom. The Morgan fingerprint density at radius 1 is 1.00 bits per heavy atom. The summed E-state index contributed by atoms with van der Waals surface area (Å²) < 4.78 is 10.6. The second-order valence-corrected chi connectivity index (χ2v) is 5.79. The van der Waals surface area contributed by atoms with Crippen molar-refractivity contribution in [2.75, 3.05) is 52.4 Å².